The molecule has 0 saturated heterocycles. The lowest BCUT2D eigenvalue weighted by atomic mass is 10.1. The zero-order valence-corrected chi connectivity index (χ0v) is 13.9. The van der Waals surface area contributed by atoms with Crippen molar-refractivity contribution in [2.24, 2.45) is 0 Å². The molecule has 6 heteroatoms. The maximum atomic E-state index is 4.74. The minimum Gasteiger partial charge on any atom is -0.308 e. The SMILES string of the molecule is CCCNC(Cc1ccn(C(CC)CC)n1)c1csnn1. The molecule has 0 saturated carbocycles. The highest BCUT2D eigenvalue weighted by molar-refractivity contribution is 7.03. The molecule has 0 radical (unpaired) electrons. The van der Waals surface area contributed by atoms with E-state index in [2.05, 4.69) is 52.6 Å². The summed E-state index contributed by atoms with van der Waals surface area (Å²) < 4.78 is 6.08. The molecule has 2 heterocycles. The predicted molar refractivity (Wildman–Crippen MR) is 86.5 cm³/mol. The molecule has 0 aromatic carbocycles. The fourth-order valence-corrected chi connectivity index (χ4v) is 2.99. The zero-order chi connectivity index (χ0) is 15.1. The summed E-state index contributed by atoms with van der Waals surface area (Å²) in [5.74, 6) is 0. The van der Waals surface area contributed by atoms with E-state index in [9.17, 15) is 0 Å². The molecule has 1 unspecified atom stereocenters. The second kappa shape index (κ2) is 8.24. The number of hydrogen-bond acceptors (Lipinski definition) is 5. The number of rotatable bonds is 9. The van der Waals surface area contributed by atoms with E-state index in [1.165, 1.54) is 11.5 Å². The molecule has 2 aromatic heterocycles. The molecule has 21 heavy (non-hydrogen) atoms. The third kappa shape index (κ3) is 4.35. The van der Waals surface area contributed by atoms with E-state index in [-0.39, 0.29) is 6.04 Å². The summed E-state index contributed by atoms with van der Waals surface area (Å²) in [7, 11) is 0. The monoisotopic (exact) mass is 307 g/mol. The highest BCUT2D eigenvalue weighted by Gasteiger charge is 2.16. The molecule has 0 aliphatic rings. The van der Waals surface area contributed by atoms with Crippen LogP contribution in [-0.4, -0.2) is 25.9 Å². The fraction of sp³-hybridized carbons (Fsp3) is 0.667. The van der Waals surface area contributed by atoms with Gasteiger partial charge in [0.2, 0.25) is 0 Å². The first-order valence-electron chi connectivity index (χ1n) is 7.82. The maximum Gasteiger partial charge on any atom is 0.0928 e. The second-order valence-electron chi connectivity index (χ2n) is 5.30. The number of hydrogen-bond donors (Lipinski definition) is 1. The molecule has 2 aromatic rings. The molecular weight excluding hydrogens is 282 g/mol. The maximum absolute atomic E-state index is 4.74. The minimum atomic E-state index is 0.203. The highest BCUT2D eigenvalue weighted by Crippen LogP contribution is 2.19. The van der Waals surface area contributed by atoms with E-state index in [0.717, 1.165) is 43.6 Å². The van der Waals surface area contributed by atoms with E-state index in [1.54, 1.807) is 0 Å². The molecule has 116 valence electrons. The van der Waals surface area contributed by atoms with Gasteiger partial charge in [-0.3, -0.25) is 4.68 Å². The van der Waals surface area contributed by atoms with Gasteiger partial charge in [0.25, 0.3) is 0 Å². The zero-order valence-electron chi connectivity index (χ0n) is 13.1. The number of nitrogens with zero attached hydrogens (tertiary/aromatic N) is 4. The summed E-state index contributed by atoms with van der Waals surface area (Å²) in [6.07, 6.45) is 6.30. The van der Waals surface area contributed by atoms with Crippen LogP contribution >= 0.6 is 11.5 Å². The Morgan fingerprint density at radius 3 is 2.71 bits per heavy atom. The van der Waals surface area contributed by atoms with Gasteiger partial charge in [-0.2, -0.15) is 5.10 Å². The van der Waals surface area contributed by atoms with Gasteiger partial charge in [0.15, 0.2) is 0 Å². The van der Waals surface area contributed by atoms with E-state index in [4.69, 9.17) is 5.10 Å². The van der Waals surface area contributed by atoms with E-state index >= 15 is 0 Å². The van der Waals surface area contributed by atoms with Gasteiger partial charge < -0.3 is 5.32 Å². The molecule has 5 nitrogen and oxygen atoms in total. The summed E-state index contributed by atoms with van der Waals surface area (Å²) in [5.41, 5.74) is 2.13. The largest absolute Gasteiger partial charge is 0.308 e. The first kappa shape index (κ1) is 16.1. The molecule has 1 N–H and O–H groups in total. The Hall–Kier alpha value is -1.27. The normalized spacial score (nSPS) is 13.0. The van der Waals surface area contributed by atoms with Gasteiger partial charge in [-0.05, 0) is 43.4 Å². The van der Waals surface area contributed by atoms with Crippen molar-refractivity contribution in [3.63, 3.8) is 0 Å². The van der Waals surface area contributed by atoms with Crippen molar-refractivity contribution in [2.75, 3.05) is 6.54 Å². The van der Waals surface area contributed by atoms with Crippen molar-refractivity contribution < 1.29 is 0 Å². The Balaban J connectivity index is 2.06. The summed E-state index contributed by atoms with van der Waals surface area (Å²) in [4.78, 5) is 0. The van der Waals surface area contributed by atoms with Crippen molar-refractivity contribution in [1.82, 2.24) is 24.7 Å². The van der Waals surface area contributed by atoms with Crippen LogP contribution in [-0.2, 0) is 6.42 Å². The van der Waals surface area contributed by atoms with Crippen LogP contribution in [0.2, 0.25) is 0 Å². The summed E-state index contributed by atoms with van der Waals surface area (Å²) in [5, 5.41) is 14.5. The van der Waals surface area contributed by atoms with E-state index in [0.29, 0.717) is 6.04 Å². The van der Waals surface area contributed by atoms with Crippen molar-refractivity contribution in [3.8, 4) is 0 Å². The van der Waals surface area contributed by atoms with Crippen LogP contribution in [0.1, 0.15) is 63.5 Å². The quantitative estimate of drug-likeness (QED) is 0.771. The minimum absolute atomic E-state index is 0.203. The average Bonchev–Trinajstić information content (AvgIpc) is 3.16. The summed E-state index contributed by atoms with van der Waals surface area (Å²) >= 11 is 1.40. The van der Waals surface area contributed by atoms with Gasteiger partial charge in [0, 0.05) is 18.0 Å². The molecule has 1 atom stereocenters. The van der Waals surface area contributed by atoms with E-state index < -0.39 is 0 Å². The molecule has 0 spiro atoms. The Morgan fingerprint density at radius 2 is 2.10 bits per heavy atom. The third-order valence-electron chi connectivity index (χ3n) is 3.77. The van der Waals surface area contributed by atoms with Gasteiger partial charge in [-0.15, -0.1) is 5.10 Å². The fourth-order valence-electron chi connectivity index (χ4n) is 2.49. The van der Waals surface area contributed by atoms with Crippen molar-refractivity contribution in [1.29, 1.82) is 0 Å². The Morgan fingerprint density at radius 1 is 1.29 bits per heavy atom. The van der Waals surface area contributed by atoms with Crippen LogP contribution in [0.4, 0.5) is 0 Å². The van der Waals surface area contributed by atoms with Gasteiger partial charge in [0.05, 0.1) is 23.5 Å². The van der Waals surface area contributed by atoms with Crippen molar-refractivity contribution >= 4 is 11.5 Å². The van der Waals surface area contributed by atoms with Gasteiger partial charge >= 0.3 is 0 Å². The van der Waals surface area contributed by atoms with Gasteiger partial charge in [-0.25, -0.2) is 0 Å². The standard InChI is InChI=1S/C15H25N5S/c1-4-8-16-14(15-11-21-19-17-15)10-12-7-9-20(18-12)13(5-2)6-3/h7,9,11,13-14,16H,4-6,8,10H2,1-3H3. The van der Waals surface area contributed by atoms with Crippen LogP contribution in [0.15, 0.2) is 17.6 Å². The summed E-state index contributed by atoms with van der Waals surface area (Å²) in [6.45, 7) is 7.57. The van der Waals surface area contributed by atoms with Crippen LogP contribution < -0.4 is 5.32 Å². The van der Waals surface area contributed by atoms with Crippen molar-refractivity contribution in [3.05, 3.63) is 29.0 Å². The average molecular weight is 307 g/mol. The Bertz CT molecular complexity index is 504. The van der Waals surface area contributed by atoms with Crippen LogP contribution in [0.3, 0.4) is 0 Å². The smallest absolute Gasteiger partial charge is 0.0928 e. The lowest BCUT2D eigenvalue weighted by Crippen LogP contribution is -2.24. The molecule has 0 fully saturated rings. The highest BCUT2D eigenvalue weighted by atomic mass is 32.1. The number of nitrogens with one attached hydrogen (secondary N) is 1. The Labute approximate surface area is 130 Å². The second-order valence-corrected chi connectivity index (χ2v) is 5.91. The first-order chi connectivity index (χ1) is 10.3. The van der Waals surface area contributed by atoms with Crippen LogP contribution in [0.25, 0.3) is 0 Å². The third-order valence-corrected chi connectivity index (χ3v) is 4.29. The lowest BCUT2D eigenvalue weighted by molar-refractivity contribution is 0.421. The van der Waals surface area contributed by atoms with E-state index in [1.807, 2.05) is 5.38 Å². The number of aromatic nitrogens is 4. The Kier molecular flexibility index (Phi) is 6.32. The molecule has 2 rings (SSSR count). The molecule has 0 aliphatic heterocycles. The van der Waals surface area contributed by atoms with Crippen molar-refractivity contribution in [2.45, 2.75) is 58.5 Å². The molecule has 0 aliphatic carbocycles. The molecule has 0 bridgehead atoms. The molecular formula is C15H25N5S. The van der Waals surface area contributed by atoms with Crippen LogP contribution in [0.5, 0.6) is 0 Å². The predicted octanol–water partition coefficient (Wildman–Crippen LogP) is 3.38. The lowest BCUT2D eigenvalue weighted by Gasteiger charge is -2.15. The topological polar surface area (TPSA) is 55.6 Å². The summed E-state index contributed by atoms with van der Waals surface area (Å²) in [6, 6.07) is 2.83. The van der Waals surface area contributed by atoms with Gasteiger partial charge in [0.1, 0.15) is 0 Å². The van der Waals surface area contributed by atoms with Crippen LogP contribution in [0, 0.1) is 0 Å². The molecule has 0 amide bonds. The first-order valence-corrected chi connectivity index (χ1v) is 8.66. The van der Waals surface area contributed by atoms with Gasteiger partial charge in [-0.1, -0.05) is 25.3 Å².